The molecule has 1 aliphatic heterocycles. The average molecular weight is 485 g/mol. The number of halogens is 1. The van der Waals surface area contributed by atoms with Crippen molar-refractivity contribution in [3.63, 3.8) is 0 Å². The first-order chi connectivity index (χ1) is 16.0. The summed E-state index contributed by atoms with van der Waals surface area (Å²) in [4.78, 5) is 24.5. The van der Waals surface area contributed by atoms with E-state index in [1.165, 1.54) is 37.8 Å². The lowest BCUT2D eigenvalue weighted by atomic mass is 9.86. The fourth-order valence-electron chi connectivity index (χ4n) is 3.30. The number of amidine groups is 1. The molecule has 1 atom stereocenters. The smallest absolute Gasteiger partial charge is 0.260 e. The van der Waals surface area contributed by atoms with Crippen LogP contribution in [-0.2, 0) is 0 Å². The summed E-state index contributed by atoms with van der Waals surface area (Å²) >= 11 is 7.51. The number of hydrazone groups is 1. The molecule has 1 amide bonds. The first-order valence-electron chi connectivity index (χ1n) is 10.3. The second-order valence-electron chi connectivity index (χ2n) is 7.45. The molecule has 0 bridgehead atoms. The zero-order chi connectivity index (χ0) is 23.4. The Morgan fingerprint density at radius 2 is 2.15 bits per heavy atom. The number of hydrogen-bond donors (Lipinski definition) is 3. The molecule has 2 aliphatic rings. The molecule has 1 aliphatic carbocycles. The van der Waals surface area contributed by atoms with Crippen LogP contribution in [0.25, 0.3) is 11.1 Å². The van der Waals surface area contributed by atoms with Crippen molar-refractivity contribution in [3.05, 3.63) is 35.2 Å². The van der Waals surface area contributed by atoms with Gasteiger partial charge in [0.1, 0.15) is 17.1 Å². The van der Waals surface area contributed by atoms with Crippen molar-refractivity contribution in [1.82, 2.24) is 20.3 Å². The predicted octanol–water partition coefficient (Wildman–Crippen LogP) is 1.31. The summed E-state index contributed by atoms with van der Waals surface area (Å²) in [5.41, 5.74) is 6.91. The summed E-state index contributed by atoms with van der Waals surface area (Å²) in [6, 6.07) is 3.22. The fourth-order valence-corrected chi connectivity index (χ4v) is 4.32. The highest BCUT2D eigenvalue weighted by molar-refractivity contribution is 8.14. The third-order valence-corrected chi connectivity index (χ3v) is 6.53. The van der Waals surface area contributed by atoms with E-state index in [9.17, 15) is 4.79 Å². The molecule has 11 heteroatoms. The van der Waals surface area contributed by atoms with Gasteiger partial charge in [0.2, 0.25) is 0 Å². The number of aromatic nitrogens is 2. The maximum atomic E-state index is 13.3. The molecule has 0 spiro atoms. The van der Waals surface area contributed by atoms with Gasteiger partial charge in [-0.1, -0.05) is 29.9 Å². The Morgan fingerprint density at radius 3 is 2.85 bits per heavy atom. The van der Waals surface area contributed by atoms with Crippen LogP contribution in [0, 0.1) is 17.8 Å². The van der Waals surface area contributed by atoms with Gasteiger partial charge in [-0.3, -0.25) is 20.1 Å². The molecule has 0 radical (unpaired) electrons. The average Bonchev–Trinajstić information content (AvgIpc) is 3.11. The summed E-state index contributed by atoms with van der Waals surface area (Å²) in [5.74, 6) is 7.54. The Hall–Kier alpha value is -3.29. The van der Waals surface area contributed by atoms with E-state index in [4.69, 9.17) is 22.1 Å². The molecule has 4 N–H and O–H groups in total. The topological polar surface area (TPSA) is 120 Å². The fraction of sp³-hybridized carbons (Fsp3) is 0.318. The van der Waals surface area contributed by atoms with Gasteiger partial charge in [-0.15, -0.1) is 4.98 Å². The lowest BCUT2D eigenvalue weighted by Crippen LogP contribution is -2.64. The van der Waals surface area contributed by atoms with Gasteiger partial charge in [0.15, 0.2) is 16.9 Å². The van der Waals surface area contributed by atoms with E-state index in [-0.39, 0.29) is 16.4 Å². The van der Waals surface area contributed by atoms with Crippen LogP contribution in [-0.4, -0.2) is 51.9 Å². The highest BCUT2D eigenvalue weighted by atomic mass is 35.5. The van der Waals surface area contributed by atoms with E-state index >= 15 is 0 Å². The molecule has 4 rings (SSSR count). The van der Waals surface area contributed by atoms with Crippen molar-refractivity contribution in [1.29, 1.82) is 0 Å². The normalized spacial score (nSPS) is 17.8. The number of nitrogens with one attached hydrogen (secondary N) is 2. The number of carbonyl (C=O) groups is 1. The van der Waals surface area contributed by atoms with Crippen LogP contribution in [0.5, 0.6) is 5.75 Å². The molecule has 9 nitrogen and oxygen atoms in total. The van der Waals surface area contributed by atoms with Gasteiger partial charge in [-0.2, -0.15) is 5.10 Å². The number of hydrogen-bond acceptors (Lipinski definition) is 7. The minimum absolute atomic E-state index is 0.138. The zero-order valence-electron chi connectivity index (χ0n) is 18.1. The molecule has 2 aromatic heterocycles. The molecule has 1 saturated carbocycles. The molecular weight excluding hydrogens is 462 g/mol. The van der Waals surface area contributed by atoms with Gasteiger partial charge in [0, 0.05) is 30.2 Å². The lowest BCUT2D eigenvalue weighted by molar-refractivity contribution is -0.353. The largest absolute Gasteiger partial charge is 0.494 e. The zero-order valence-corrected chi connectivity index (χ0v) is 19.7. The van der Waals surface area contributed by atoms with Crippen molar-refractivity contribution >= 4 is 46.6 Å². The highest BCUT2D eigenvalue weighted by Crippen LogP contribution is 2.34. The predicted molar refractivity (Wildman–Crippen MR) is 129 cm³/mol. The van der Waals surface area contributed by atoms with Crippen LogP contribution in [0.15, 0.2) is 29.6 Å². The minimum Gasteiger partial charge on any atom is -0.494 e. The number of pyridine rings is 2. The molecule has 0 saturated heterocycles. The molecule has 170 valence electrons. The molecule has 33 heavy (non-hydrogen) atoms. The standard InChI is InChI=1S/C22H22ClN7O2S/c1-30-20(7-6-13-4-3-5-13)33-22(29-30)28-21(31)15-9-19(27-12-24)26-10-16(15)14-8-18(23)25-11-17(14)32-2/h8-13,20H,3-5H2,1-2H3,(H2,24,26,27)(H,28,29,31)/p+1. The first kappa shape index (κ1) is 22.9. The third kappa shape index (κ3) is 5.21. The van der Waals surface area contributed by atoms with Crippen LogP contribution in [0.3, 0.4) is 0 Å². The van der Waals surface area contributed by atoms with Crippen LogP contribution in [0.4, 0.5) is 5.82 Å². The minimum atomic E-state index is -0.366. The highest BCUT2D eigenvalue weighted by Gasteiger charge is 2.27. The van der Waals surface area contributed by atoms with E-state index < -0.39 is 0 Å². The van der Waals surface area contributed by atoms with Crippen molar-refractivity contribution in [2.24, 2.45) is 16.8 Å². The van der Waals surface area contributed by atoms with Crippen LogP contribution >= 0.6 is 23.4 Å². The number of thioether (sulfide) groups is 1. The SMILES string of the molecule is COc1cnc(Cl)cc1-c1cnc([NH+]=CN)cc1C(=O)NC1=NN(C)C(C#CC2CCC2)S1. The second-order valence-corrected chi connectivity index (χ2v) is 8.91. The number of ether oxygens (including phenoxy) is 1. The second kappa shape index (κ2) is 10.1. The third-order valence-electron chi connectivity index (χ3n) is 5.27. The number of methoxy groups -OCH3 is 1. The maximum absolute atomic E-state index is 13.3. The van der Waals surface area contributed by atoms with Gasteiger partial charge >= 0.3 is 0 Å². The Labute approximate surface area is 200 Å². The van der Waals surface area contributed by atoms with Crippen LogP contribution in [0.2, 0.25) is 5.15 Å². The van der Waals surface area contributed by atoms with Gasteiger partial charge < -0.3 is 10.5 Å². The number of amides is 1. The Bertz CT molecular complexity index is 1190. The quantitative estimate of drug-likeness (QED) is 0.259. The van der Waals surface area contributed by atoms with Crippen molar-refractivity contribution in [2.45, 2.75) is 24.6 Å². The van der Waals surface area contributed by atoms with Crippen LogP contribution < -0.4 is 20.8 Å². The summed E-state index contributed by atoms with van der Waals surface area (Å²) in [6.07, 6.45) is 7.84. The number of carbonyl (C=O) groups excluding carboxylic acids is 1. The molecule has 3 heterocycles. The number of nitrogens with two attached hydrogens (primary N) is 1. The Kier molecular flexibility index (Phi) is 7.01. The summed E-state index contributed by atoms with van der Waals surface area (Å²) < 4.78 is 5.42. The van der Waals surface area contributed by atoms with Crippen molar-refractivity contribution < 1.29 is 14.5 Å². The van der Waals surface area contributed by atoms with Gasteiger partial charge in [0.25, 0.3) is 11.7 Å². The monoisotopic (exact) mass is 484 g/mol. The summed E-state index contributed by atoms with van der Waals surface area (Å²) in [6.45, 7) is 0. The van der Waals surface area contributed by atoms with Gasteiger partial charge in [-0.05, 0) is 30.7 Å². The number of nitrogens with zero attached hydrogens (tertiary/aromatic N) is 4. The van der Waals surface area contributed by atoms with E-state index in [1.54, 1.807) is 23.3 Å². The van der Waals surface area contributed by atoms with Crippen LogP contribution in [0.1, 0.15) is 29.6 Å². The van der Waals surface area contributed by atoms with Crippen molar-refractivity contribution in [2.75, 3.05) is 14.2 Å². The molecule has 1 fully saturated rings. The van der Waals surface area contributed by atoms with E-state index in [2.05, 4.69) is 37.2 Å². The van der Waals surface area contributed by atoms with E-state index in [1.807, 2.05) is 7.05 Å². The lowest BCUT2D eigenvalue weighted by Gasteiger charge is -2.19. The molecule has 2 aromatic rings. The van der Waals surface area contributed by atoms with E-state index in [0.29, 0.717) is 39.3 Å². The Morgan fingerprint density at radius 1 is 1.33 bits per heavy atom. The molecule has 1 unspecified atom stereocenters. The molecule has 0 aromatic carbocycles. The van der Waals surface area contributed by atoms with Crippen molar-refractivity contribution in [3.8, 4) is 28.7 Å². The number of rotatable bonds is 4. The maximum Gasteiger partial charge on any atom is 0.260 e. The van der Waals surface area contributed by atoms with Gasteiger partial charge in [0.05, 0.1) is 18.9 Å². The Balaban J connectivity index is 1.61. The first-order valence-corrected chi connectivity index (χ1v) is 11.5. The molecular formula is C22H23ClN7O2S+. The summed E-state index contributed by atoms with van der Waals surface area (Å²) in [5, 5.41) is 9.66. The van der Waals surface area contributed by atoms with Gasteiger partial charge in [-0.25, -0.2) is 4.98 Å². The summed E-state index contributed by atoms with van der Waals surface area (Å²) in [7, 11) is 3.36. The van der Waals surface area contributed by atoms with E-state index in [0.717, 1.165) is 12.8 Å².